The summed E-state index contributed by atoms with van der Waals surface area (Å²) >= 11 is 0. The lowest BCUT2D eigenvalue weighted by Crippen LogP contribution is -1.85. The zero-order valence-corrected chi connectivity index (χ0v) is 8.21. The van der Waals surface area contributed by atoms with Gasteiger partial charge in [-0.3, -0.25) is 10.1 Å². The van der Waals surface area contributed by atoms with Crippen LogP contribution in [0.4, 0.5) is 5.69 Å². The second-order valence-electron chi connectivity index (χ2n) is 3.54. The normalized spacial score (nSPS) is 11.0. The van der Waals surface area contributed by atoms with Gasteiger partial charge >= 0.3 is 5.69 Å². The molecule has 0 aliphatic rings. The monoisotopic (exact) mass is 213 g/mol. The summed E-state index contributed by atoms with van der Waals surface area (Å²) < 4.78 is 5.18. The first-order chi connectivity index (χ1) is 7.77. The molecule has 0 spiro atoms. The molecule has 3 aromatic rings. The molecule has 0 saturated heterocycles. The average molecular weight is 213 g/mol. The predicted molar refractivity (Wildman–Crippen MR) is 60.4 cm³/mol. The van der Waals surface area contributed by atoms with Gasteiger partial charge in [0, 0.05) is 0 Å². The highest BCUT2D eigenvalue weighted by Crippen LogP contribution is 2.33. The SMILES string of the molecule is O=[N+]([O-])c1coc2ccc3ccccc3c12. The number of nitro groups is 1. The Bertz CT molecular complexity index is 700. The van der Waals surface area contributed by atoms with Gasteiger partial charge in [-0.15, -0.1) is 0 Å². The molecule has 0 radical (unpaired) electrons. The third kappa shape index (κ3) is 1.10. The third-order valence-electron chi connectivity index (χ3n) is 2.64. The summed E-state index contributed by atoms with van der Waals surface area (Å²) in [6.45, 7) is 0. The first-order valence-corrected chi connectivity index (χ1v) is 4.81. The van der Waals surface area contributed by atoms with E-state index < -0.39 is 4.92 Å². The Balaban J connectivity index is 2.56. The highest BCUT2D eigenvalue weighted by molar-refractivity contribution is 6.10. The molecular weight excluding hydrogens is 206 g/mol. The smallest absolute Gasteiger partial charge is 0.315 e. The van der Waals surface area contributed by atoms with Crippen LogP contribution < -0.4 is 0 Å². The van der Waals surface area contributed by atoms with Crippen LogP contribution in [0.3, 0.4) is 0 Å². The minimum Gasteiger partial charge on any atom is -0.457 e. The van der Waals surface area contributed by atoms with Crippen molar-refractivity contribution in [2.24, 2.45) is 0 Å². The van der Waals surface area contributed by atoms with E-state index in [2.05, 4.69) is 0 Å². The van der Waals surface area contributed by atoms with E-state index in [1.54, 1.807) is 6.07 Å². The van der Waals surface area contributed by atoms with Crippen molar-refractivity contribution in [3.63, 3.8) is 0 Å². The van der Waals surface area contributed by atoms with Crippen LogP contribution in [-0.2, 0) is 0 Å². The molecule has 0 bridgehead atoms. The lowest BCUT2D eigenvalue weighted by Gasteiger charge is -1.97. The van der Waals surface area contributed by atoms with Gasteiger partial charge < -0.3 is 4.42 Å². The van der Waals surface area contributed by atoms with E-state index in [4.69, 9.17) is 4.42 Å². The van der Waals surface area contributed by atoms with Crippen molar-refractivity contribution >= 4 is 27.4 Å². The summed E-state index contributed by atoms with van der Waals surface area (Å²) in [6, 6.07) is 11.2. The predicted octanol–water partition coefficient (Wildman–Crippen LogP) is 3.49. The van der Waals surface area contributed by atoms with Crippen LogP contribution in [0.25, 0.3) is 21.7 Å². The lowest BCUT2D eigenvalue weighted by atomic mass is 10.1. The van der Waals surface area contributed by atoms with Gasteiger partial charge in [-0.1, -0.05) is 30.3 Å². The highest BCUT2D eigenvalue weighted by Gasteiger charge is 2.17. The molecule has 0 saturated carbocycles. The van der Waals surface area contributed by atoms with E-state index in [-0.39, 0.29) is 5.69 Å². The van der Waals surface area contributed by atoms with Crippen molar-refractivity contribution in [1.29, 1.82) is 0 Å². The summed E-state index contributed by atoms with van der Waals surface area (Å²) in [5, 5.41) is 13.3. The van der Waals surface area contributed by atoms with Crippen molar-refractivity contribution in [1.82, 2.24) is 0 Å². The Hall–Kier alpha value is -2.36. The van der Waals surface area contributed by atoms with E-state index in [1.807, 2.05) is 30.3 Å². The van der Waals surface area contributed by atoms with Gasteiger partial charge in [-0.25, -0.2) is 0 Å². The molecule has 0 unspecified atom stereocenters. The van der Waals surface area contributed by atoms with Gasteiger partial charge in [-0.2, -0.15) is 0 Å². The Kier molecular flexibility index (Phi) is 1.71. The first-order valence-electron chi connectivity index (χ1n) is 4.81. The summed E-state index contributed by atoms with van der Waals surface area (Å²) in [4.78, 5) is 10.4. The molecule has 4 nitrogen and oxygen atoms in total. The summed E-state index contributed by atoms with van der Waals surface area (Å²) in [5.74, 6) is 0. The minimum absolute atomic E-state index is 0.0202. The molecule has 1 heterocycles. The Morgan fingerprint density at radius 1 is 1.12 bits per heavy atom. The molecule has 16 heavy (non-hydrogen) atoms. The molecule has 4 heteroatoms. The Morgan fingerprint density at radius 3 is 2.75 bits per heavy atom. The van der Waals surface area contributed by atoms with Crippen molar-refractivity contribution in [3.05, 3.63) is 52.8 Å². The maximum atomic E-state index is 10.9. The molecule has 2 aromatic carbocycles. The highest BCUT2D eigenvalue weighted by atomic mass is 16.6. The molecular formula is C12H7NO3. The second kappa shape index (κ2) is 3.06. The Morgan fingerprint density at radius 2 is 1.94 bits per heavy atom. The number of hydrogen-bond donors (Lipinski definition) is 0. The van der Waals surface area contributed by atoms with Crippen LogP contribution in [0, 0.1) is 10.1 Å². The number of rotatable bonds is 1. The fourth-order valence-corrected chi connectivity index (χ4v) is 1.93. The van der Waals surface area contributed by atoms with Crippen molar-refractivity contribution in [2.45, 2.75) is 0 Å². The van der Waals surface area contributed by atoms with Crippen molar-refractivity contribution in [2.75, 3.05) is 0 Å². The van der Waals surface area contributed by atoms with Gasteiger partial charge in [-0.05, 0) is 16.8 Å². The molecule has 0 aliphatic carbocycles. The molecule has 0 atom stereocenters. The van der Waals surface area contributed by atoms with Crippen LogP contribution in [0.5, 0.6) is 0 Å². The van der Waals surface area contributed by atoms with Crippen LogP contribution in [-0.4, -0.2) is 4.92 Å². The van der Waals surface area contributed by atoms with Crippen LogP contribution in [0.15, 0.2) is 47.1 Å². The van der Waals surface area contributed by atoms with Crippen LogP contribution >= 0.6 is 0 Å². The fraction of sp³-hybridized carbons (Fsp3) is 0. The first kappa shape index (κ1) is 8.91. The van der Waals surface area contributed by atoms with Crippen molar-refractivity contribution < 1.29 is 9.34 Å². The number of fused-ring (bicyclic) bond motifs is 3. The number of benzene rings is 2. The van der Waals surface area contributed by atoms with Gasteiger partial charge in [0.15, 0.2) is 6.26 Å². The second-order valence-corrected chi connectivity index (χ2v) is 3.54. The van der Waals surface area contributed by atoms with Gasteiger partial charge in [0.05, 0.1) is 4.92 Å². The number of nitrogens with zero attached hydrogens (tertiary/aromatic N) is 1. The molecule has 78 valence electrons. The maximum Gasteiger partial charge on any atom is 0.315 e. The minimum atomic E-state index is -0.418. The molecule has 0 amide bonds. The van der Waals surface area contributed by atoms with E-state index in [9.17, 15) is 10.1 Å². The van der Waals surface area contributed by atoms with E-state index in [0.717, 1.165) is 10.8 Å². The summed E-state index contributed by atoms with van der Waals surface area (Å²) in [7, 11) is 0. The molecule has 0 fully saturated rings. The van der Waals surface area contributed by atoms with Gasteiger partial charge in [0.1, 0.15) is 11.0 Å². The van der Waals surface area contributed by atoms with Crippen molar-refractivity contribution in [3.8, 4) is 0 Å². The standard InChI is InChI=1S/C12H7NO3/c14-13(15)10-7-16-11-6-5-8-3-1-2-4-9(8)12(10)11/h1-7H. The molecule has 0 aliphatic heterocycles. The van der Waals surface area contributed by atoms with Gasteiger partial charge in [0.25, 0.3) is 0 Å². The average Bonchev–Trinajstić information content (AvgIpc) is 2.73. The summed E-state index contributed by atoms with van der Waals surface area (Å²) in [6.07, 6.45) is 1.19. The third-order valence-corrected chi connectivity index (χ3v) is 2.64. The lowest BCUT2D eigenvalue weighted by molar-refractivity contribution is -0.383. The Labute approximate surface area is 90.2 Å². The largest absolute Gasteiger partial charge is 0.457 e. The number of hydrogen-bond acceptors (Lipinski definition) is 3. The number of furan rings is 1. The fourth-order valence-electron chi connectivity index (χ4n) is 1.93. The molecule has 0 N–H and O–H groups in total. The summed E-state index contributed by atoms with van der Waals surface area (Å²) in [5.41, 5.74) is 0.567. The molecule has 1 aromatic heterocycles. The maximum absolute atomic E-state index is 10.9. The van der Waals surface area contributed by atoms with E-state index >= 15 is 0 Å². The van der Waals surface area contributed by atoms with Crippen LogP contribution in [0.2, 0.25) is 0 Å². The van der Waals surface area contributed by atoms with E-state index in [0.29, 0.717) is 11.0 Å². The van der Waals surface area contributed by atoms with Crippen LogP contribution in [0.1, 0.15) is 0 Å². The zero-order chi connectivity index (χ0) is 11.1. The topological polar surface area (TPSA) is 56.3 Å². The zero-order valence-electron chi connectivity index (χ0n) is 8.21. The quantitative estimate of drug-likeness (QED) is 0.459. The molecule has 3 rings (SSSR count). The van der Waals surface area contributed by atoms with Gasteiger partial charge in [0.2, 0.25) is 0 Å². The van der Waals surface area contributed by atoms with E-state index in [1.165, 1.54) is 6.26 Å².